The second-order valence-corrected chi connectivity index (χ2v) is 4.66. The number of para-hydroxylation sites is 2. The average Bonchev–Trinajstić information content (AvgIpc) is 2.85. The predicted molar refractivity (Wildman–Crippen MR) is 80.7 cm³/mol. The molecule has 0 unspecified atom stereocenters. The summed E-state index contributed by atoms with van der Waals surface area (Å²) >= 11 is 0. The lowest BCUT2D eigenvalue weighted by molar-refractivity contribution is 0.426. The summed E-state index contributed by atoms with van der Waals surface area (Å²) in [7, 11) is -1.44. The largest absolute Gasteiger partial charge is 0.488 e. The second-order valence-electron chi connectivity index (χ2n) is 4.66. The number of hydrogen-bond acceptors (Lipinski definition) is 3. The topological polar surface area (TPSA) is 58.3 Å². The normalized spacial score (nSPS) is 10.9. The molecule has 3 rings (SSSR count). The minimum absolute atomic E-state index is 0.480. The van der Waals surface area contributed by atoms with Gasteiger partial charge in [0.2, 0.25) is 0 Å². The number of imidazole rings is 1. The molecule has 100 valence electrons. The molecule has 0 atom stereocenters. The lowest BCUT2D eigenvalue weighted by Gasteiger charge is -2.07. The van der Waals surface area contributed by atoms with E-state index in [-0.39, 0.29) is 0 Å². The Morgan fingerprint density at radius 1 is 1.05 bits per heavy atom. The fourth-order valence-electron chi connectivity index (χ4n) is 2.42. The highest BCUT2D eigenvalue weighted by Crippen LogP contribution is 2.24. The summed E-state index contributed by atoms with van der Waals surface area (Å²) in [5.41, 5.74) is 3.52. The number of hydrogen-bond donors (Lipinski definition) is 2. The van der Waals surface area contributed by atoms with Gasteiger partial charge in [-0.2, -0.15) is 0 Å². The smallest absolute Gasteiger partial charge is 0.423 e. The molecule has 0 saturated carbocycles. The van der Waals surface area contributed by atoms with Gasteiger partial charge < -0.3 is 14.6 Å². The molecule has 0 fully saturated rings. The van der Waals surface area contributed by atoms with Gasteiger partial charge >= 0.3 is 7.12 Å². The third kappa shape index (κ3) is 2.11. The van der Waals surface area contributed by atoms with Crippen molar-refractivity contribution in [3.63, 3.8) is 0 Å². The SMILES string of the molecule is CCn1c(-c2ccc(B(O)O)cc2)nc2ccccc21. The third-order valence-corrected chi connectivity index (χ3v) is 3.44. The first-order valence-corrected chi connectivity index (χ1v) is 6.62. The van der Waals surface area contributed by atoms with Gasteiger partial charge in [-0.15, -0.1) is 0 Å². The van der Waals surface area contributed by atoms with Crippen LogP contribution in [0.25, 0.3) is 22.4 Å². The van der Waals surface area contributed by atoms with E-state index in [1.54, 1.807) is 12.1 Å². The minimum atomic E-state index is -1.44. The molecule has 0 bridgehead atoms. The van der Waals surface area contributed by atoms with Crippen molar-refractivity contribution in [1.29, 1.82) is 0 Å². The molecule has 0 aliphatic heterocycles. The van der Waals surface area contributed by atoms with Crippen molar-refractivity contribution < 1.29 is 10.0 Å². The molecule has 0 saturated heterocycles. The van der Waals surface area contributed by atoms with Gasteiger partial charge in [0.1, 0.15) is 5.82 Å². The van der Waals surface area contributed by atoms with Crippen LogP contribution < -0.4 is 5.46 Å². The predicted octanol–water partition coefficient (Wildman–Crippen LogP) is 1.40. The van der Waals surface area contributed by atoms with E-state index in [2.05, 4.69) is 22.5 Å². The van der Waals surface area contributed by atoms with E-state index in [0.717, 1.165) is 29.0 Å². The molecular formula is C15H15BN2O2. The Morgan fingerprint density at radius 3 is 2.40 bits per heavy atom. The van der Waals surface area contributed by atoms with Crippen LogP contribution in [0, 0.1) is 0 Å². The molecule has 4 nitrogen and oxygen atoms in total. The van der Waals surface area contributed by atoms with Crippen molar-refractivity contribution in [2.24, 2.45) is 0 Å². The molecule has 0 radical (unpaired) electrons. The number of aryl methyl sites for hydroxylation is 1. The highest BCUT2D eigenvalue weighted by atomic mass is 16.4. The van der Waals surface area contributed by atoms with Gasteiger partial charge in [-0.3, -0.25) is 0 Å². The van der Waals surface area contributed by atoms with Gasteiger partial charge in [-0.25, -0.2) is 4.98 Å². The van der Waals surface area contributed by atoms with Crippen LogP contribution in [0.15, 0.2) is 48.5 Å². The van der Waals surface area contributed by atoms with E-state index in [0.29, 0.717) is 5.46 Å². The van der Waals surface area contributed by atoms with Gasteiger partial charge in [0.15, 0.2) is 0 Å². The Kier molecular flexibility index (Phi) is 3.30. The zero-order valence-electron chi connectivity index (χ0n) is 11.2. The number of aromatic nitrogens is 2. The Hall–Kier alpha value is -2.11. The fraction of sp³-hybridized carbons (Fsp3) is 0.133. The summed E-state index contributed by atoms with van der Waals surface area (Å²) in [5, 5.41) is 18.3. The summed E-state index contributed by atoms with van der Waals surface area (Å²) in [4.78, 5) is 4.67. The van der Waals surface area contributed by atoms with Gasteiger partial charge in [-0.1, -0.05) is 36.4 Å². The first-order chi connectivity index (χ1) is 9.70. The van der Waals surface area contributed by atoms with Gasteiger partial charge in [0.05, 0.1) is 11.0 Å². The fourth-order valence-corrected chi connectivity index (χ4v) is 2.42. The molecule has 20 heavy (non-hydrogen) atoms. The molecule has 3 aromatic rings. The van der Waals surface area contributed by atoms with Crippen molar-refractivity contribution in [2.45, 2.75) is 13.5 Å². The summed E-state index contributed by atoms with van der Waals surface area (Å²) in [6.45, 7) is 2.92. The lowest BCUT2D eigenvalue weighted by Crippen LogP contribution is -2.29. The zero-order chi connectivity index (χ0) is 14.1. The summed E-state index contributed by atoms with van der Waals surface area (Å²) in [6, 6.07) is 15.2. The molecule has 5 heteroatoms. The van der Waals surface area contributed by atoms with E-state index >= 15 is 0 Å². The second kappa shape index (κ2) is 5.11. The third-order valence-electron chi connectivity index (χ3n) is 3.44. The first-order valence-electron chi connectivity index (χ1n) is 6.62. The average molecular weight is 266 g/mol. The van der Waals surface area contributed by atoms with Crippen molar-refractivity contribution in [1.82, 2.24) is 9.55 Å². The molecular weight excluding hydrogens is 251 g/mol. The maximum Gasteiger partial charge on any atom is 0.488 e. The zero-order valence-corrected chi connectivity index (χ0v) is 11.2. The molecule has 2 aromatic carbocycles. The van der Waals surface area contributed by atoms with Crippen LogP contribution in [0.3, 0.4) is 0 Å². The number of nitrogens with zero attached hydrogens (tertiary/aromatic N) is 2. The summed E-state index contributed by atoms with van der Waals surface area (Å²) in [5.74, 6) is 0.896. The summed E-state index contributed by atoms with van der Waals surface area (Å²) < 4.78 is 2.15. The van der Waals surface area contributed by atoms with Gasteiger partial charge in [0, 0.05) is 12.1 Å². The van der Waals surface area contributed by atoms with E-state index in [9.17, 15) is 0 Å². The number of fused-ring (bicyclic) bond motifs is 1. The van der Waals surface area contributed by atoms with Crippen LogP contribution in [0.1, 0.15) is 6.92 Å². The number of benzene rings is 2. The minimum Gasteiger partial charge on any atom is -0.423 e. The Balaban J connectivity index is 2.13. The van der Waals surface area contributed by atoms with Crippen LogP contribution in [0.5, 0.6) is 0 Å². The maximum absolute atomic E-state index is 9.13. The lowest BCUT2D eigenvalue weighted by atomic mass is 9.80. The Bertz CT molecular complexity index is 735. The number of rotatable bonds is 3. The molecule has 2 N–H and O–H groups in total. The van der Waals surface area contributed by atoms with Crippen molar-refractivity contribution in [2.75, 3.05) is 0 Å². The molecule has 1 aromatic heterocycles. The molecule has 1 heterocycles. The van der Waals surface area contributed by atoms with E-state index < -0.39 is 7.12 Å². The maximum atomic E-state index is 9.13. The van der Waals surface area contributed by atoms with Crippen molar-refractivity contribution in [3.8, 4) is 11.4 Å². The molecule has 0 amide bonds. The molecule has 0 spiro atoms. The van der Waals surface area contributed by atoms with Gasteiger partial charge in [-0.05, 0) is 24.5 Å². The Labute approximate surface area is 117 Å². The highest BCUT2D eigenvalue weighted by molar-refractivity contribution is 6.58. The standard InChI is InChI=1S/C15H15BN2O2/c1-2-18-14-6-4-3-5-13(14)17-15(18)11-7-9-12(10-8-11)16(19)20/h3-10,19-20H,2H2,1H3. The van der Waals surface area contributed by atoms with Crippen molar-refractivity contribution >= 4 is 23.6 Å². The molecule has 0 aliphatic rings. The van der Waals surface area contributed by atoms with Crippen LogP contribution in [-0.4, -0.2) is 26.7 Å². The molecule has 0 aliphatic carbocycles. The van der Waals surface area contributed by atoms with Gasteiger partial charge in [0.25, 0.3) is 0 Å². The Morgan fingerprint density at radius 2 is 1.75 bits per heavy atom. The van der Waals surface area contributed by atoms with E-state index in [1.165, 1.54) is 0 Å². The quantitative estimate of drug-likeness (QED) is 0.704. The first kappa shape index (κ1) is 12.9. The van der Waals surface area contributed by atoms with Crippen molar-refractivity contribution in [3.05, 3.63) is 48.5 Å². The van der Waals surface area contributed by atoms with E-state index in [1.807, 2.05) is 30.3 Å². The highest BCUT2D eigenvalue weighted by Gasteiger charge is 2.13. The van der Waals surface area contributed by atoms with Crippen LogP contribution >= 0.6 is 0 Å². The summed E-state index contributed by atoms with van der Waals surface area (Å²) in [6.07, 6.45) is 0. The van der Waals surface area contributed by atoms with Crippen LogP contribution in [-0.2, 0) is 6.54 Å². The van der Waals surface area contributed by atoms with Crippen LogP contribution in [0.4, 0.5) is 0 Å². The van der Waals surface area contributed by atoms with E-state index in [4.69, 9.17) is 10.0 Å². The monoisotopic (exact) mass is 266 g/mol. The van der Waals surface area contributed by atoms with Crippen LogP contribution in [0.2, 0.25) is 0 Å².